The van der Waals surface area contributed by atoms with Crippen LogP contribution in [0.4, 0.5) is 0 Å². The van der Waals surface area contributed by atoms with E-state index in [-0.39, 0.29) is 22.0 Å². The van der Waals surface area contributed by atoms with Crippen LogP contribution in [0.1, 0.15) is 47.0 Å². The number of sulfone groups is 1. The highest BCUT2D eigenvalue weighted by atomic mass is 32.2. The van der Waals surface area contributed by atoms with Crippen molar-refractivity contribution in [1.29, 1.82) is 0 Å². The van der Waals surface area contributed by atoms with Crippen LogP contribution in [0.3, 0.4) is 0 Å². The molecular weight excluding hydrogens is 210 g/mol. The Kier molecular flexibility index (Phi) is 3.51. The van der Waals surface area contributed by atoms with Crippen molar-refractivity contribution in [1.82, 2.24) is 0 Å². The molecule has 0 spiro atoms. The minimum Gasteiger partial charge on any atom is -0.326 e. The quantitative estimate of drug-likeness (QED) is 0.790. The molecule has 2 atom stereocenters. The second-order valence-electron chi connectivity index (χ2n) is 5.58. The lowest BCUT2D eigenvalue weighted by atomic mass is 9.73. The maximum absolute atomic E-state index is 12.1. The predicted molar refractivity (Wildman–Crippen MR) is 63.5 cm³/mol. The number of hydrogen-bond acceptors (Lipinski definition) is 3. The average Bonchev–Trinajstić information content (AvgIpc) is 2.09. The molecule has 4 heteroatoms. The first-order chi connectivity index (χ1) is 6.69. The van der Waals surface area contributed by atoms with Gasteiger partial charge in [-0.25, -0.2) is 8.42 Å². The van der Waals surface area contributed by atoms with Crippen LogP contribution < -0.4 is 5.73 Å². The van der Waals surface area contributed by atoms with Crippen molar-refractivity contribution in [2.75, 3.05) is 0 Å². The second kappa shape index (κ2) is 4.06. The third kappa shape index (κ3) is 2.36. The van der Waals surface area contributed by atoms with E-state index in [0.717, 1.165) is 19.3 Å². The summed E-state index contributed by atoms with van der Waals surface area (Å²) in [4.78, 5) is 0. The Balaban J connectivity index is 2.97. The van der Waals surface area contributed by atoms with Crippen LogP contribution in [0.2, 0.25) is 0 Å². The lowest BCUT2D eigenvalue weighted by molar-refractivity contribution is 0.204. The largest absolute Gasteiger partial charge is 0.326 e. The van der Waals surface area contributed by atoms with E-state index >= 15 is 0 Å². The Labute approximate surface area is 93.3 Å². The molecule has 1 rings (SSSR count). The van der Waals surface area contributed by atoms with Gasteiger partial charge in [-0.15, -0.1) is 0 Å². The zero-order valence-corrected chi connectivity index (χ0v) is 11.0. The maximum Gasteiger partial charge on any atom is 0.157 e. The van der Waals surface area contributed by atoms with E-state index in [1.54, 1.807) is 13.8 Å². The van der Waals surface area contributed by atoms with E-state index in [9.17, 15) is 8.42 Å². The van der Waals surface area contributed by atoms with E-state index in [4.69, 9.17) is 5.73 Å². The fourth-order valence-corrected chi connectivity index (χ4v) is 4.30. The molecule has 0 saturated heterocycles. The summed E-state index contributed by atoms with van der Waals surface area (Å²) in [5, 5.41) is -0.663. The molecule has 1 saturated carbocycles. The highest BCUT2D eigenvalue weighted by molar-refractivity contribution is 7.92. The van der Waals surface area contributed by atoms with E-state index < -0.39 is 9.84 Å². The van der Waals surface area contributed by atoms with E-state index in [1.165, 1.54) is 0 Å². The normalized spacial score (nSPS) is 31.9. The number of nitrogens with two attached hydrogens (primary N) is 1. The van der Waals surface area contributed by atoms with Crippen LogP contribution in [0.5, 0.6) is 0 Å². The van der Waals surface area contributed by atoms with Gasteiger partial charge >= 0.3 is 0 Å². The minimum atomic E-state index is -3.05. The predicted octanol–water partition coefficient (Wildman–Crippen LogP) is 1.72. The molecule has 0 aromatic rings. The van der Waals surface area contributed by atoms with Gasteiger partial charge < -0.3 is 5.73 Å². The first-order valence-electron chi connectivity index (χ1n) is 5.68. The third-order valence-electron chi connectivity index (χ3n) is 3.69. The highest BCUT2D eigenvalue weighted by Gasteiger charge is 2.43. The van der Waals surface area contributed by atoms with Crippen LogP contribution in [-0.4, -0.2) is 25.0 Å². The van der Waals surface area contributed by atoms with Gasteiger partial charge in [-0.1, -0.05) is 20.3 Å². The Morgan fingerprint density at radius 2 is 1.87 bits per heavy atom. The van der Waals surface area contributed by atoms with Crippen molar-refractivity contribution in [2.45, 2.75) is 63.5 Å². The van der Waals surface area contributed by atoms with Gasteiger partial charge in [0.05, 0.1) is 10.5 Å². The maximum atomic E-state index is 12.1. The summed E-state index contributed by atoms with van der Waals surface area (Å²) in [5.41, 5.74) is 6.05. The van der Waals surface area contributed by atoms with Crippen LogP contribution in [0.15, 0.2) is 0 Å². The van der Waals surface area contributed by atoms with Crippen LogP contribution in [0, 0.1) is 5.41 Å². The van der Waals surface area contributed by atoms with Gasteiger partial charge in [0, 0.05) is 6.04 Å². The van der Waals surface area contributed by atoms with Crippen LogP contribution in [0.25, 0.3) is 0 Å². The van der Waals surface area contributed by atoms with Gasteiger partial charge in [0.2, 0.25) is 0 Å². The number of hydrogen-bond donors (Lipinski definition) is 1. The van der Waals surface area contributed by atoms with Crippen molar-refractivity contribution in [3.8, 4) is 0 Å². The molecule has 2 unspecified atom stereocenters. The smallest absolute Gasteiger partial charge is 0.157 e. The Hall–Kier alpha value is -0.0900. The summed E-state index contributed by atoms with van der Waals surface area (Å²) in [6.07, 6.45) is 2.72. The first kappa shape index (κ1) is 13.0. The van der Waals surface area contributed by atoms with Gasteiger partial charge in [0.15, 0.2) is 9.84 Å². The van der Waals surface area contributed by atoms with Gasteiger partial charge in [-0.3, -0.25) is 0 Å². The van der Waals surface area contributed by atoms with E-state index in [0.29, 0.717) is 0 Å². The zero-order valence-electron chi connectivity index (χ0n) is 10.2. The molecule has 3 nitrogen and oxygen atoms in total. The zero-order chi connectivity index (χ0) is 11.9. The Morgan fingerprint density at radius 3 is 2.33 bits per heavy atom. The Morgan fingerprint density at radius 1 is 1.33 bits per heavy atom. The molecule has 15 heavy (non-hydrogen) atoms. The minimum absolute atomic E-state index is 0.0507. The van der Waals surface area contributed by atoms with E-state index in [2.05, 4.69) is 13.8 Å². The Bertz CT molecular complexity index is 319. The average molecular weight is 233 g/mol. The van der Waals surface area contributed by atoms with Gasteiger partial charge in [-0.2, -0.15) is 0 Å². The third-order valence-corrected chi connectivity index (χ3v) is 6.38. The molecule has 90 valence electrons. The molecular formula is C11H23NO2S. The van der Waals surface area contributed by atoms with Gasteiger partial charge in [0.1, 0.15) is 0 Å². The molecule has 0 aliphatic heterocycles. The van der Waals surface area contributed by atoms with Gasteiger partial charge in [-0.05, 0) is 32.1 Å². The van der Waals surface area contributed by atoms with Crippen molar-refractivity contribution in [3.63, 3.8) is 0 Å². The highest BCUT2D eigenvalue weighted by Crippen LogP contribution is 2.38. The molecule has 0 heterocycles. The lowest BCUT2D eigenvalue weighted by Crippen LogP contribution is -2.54. The van der Waals surface area contributed by atoms with Crippen LogP contribution >= 0.6 is 0 Å². The van der Waals surface area contributed by atoms with Gasteiger partial charge in [0.25, 0.3) is 0 Å². The second-order valence-corrected chi connectivity index (χ2v) is 8.31. The fourth-order valence-electron chi connectivity index (χ4n) is 2.33. The summed E-state index contributed by atoms with van der Waals surface area (Å²) in [7, 11) is -3.05. The van der Waals surface area contributed by atoms with Crippen LogP contribution in [-0.2, 0) is 9.84 Å². The molecule has 0 bridgehead atoms. The molecule has 0 aromatic carbocycles. The molecule has 1 fully saturated rings. The van der Waals surface area contributed by atoms with Crippen molar-refractivity contribution < 1.29 is 8.42 Å². The first-order valence-corrected chi connectivity index (χ1v) is 7.29. The standard InChI is InChI=1S/C11H23NO2S/c1-8(2)15(13,14)9-6-5-7-11(3,4)10(9)12/h8-10H,5-7,12H2,1-4H3. The van der Waals surface area contributed by atoms with E-state index in [1.807, 2.05) is 0 Å². The monoisotopic (exact) mass is 233 g/mol. The topological polar surface area (TPSA) is 60.2 Å². The molecule has 0 radical (unpaired) electrons. The fraction of sp³-hybridized carbons (Fsp3) is 1.00. The molecule has 1 aliphatic rings. The van der Waals surface area contributed by atoms with Crippen molar-refractivity contribution >= 4 is 9.84 Å². The summed E-state index contributed by atoms with van der Waals surface area (Å²) < 4.78 is 24.2. The summed E-state index contributed by atoms with van der Waals surface area (Å²) in [6, 6.07) is -0.223. The van der Waals surface area contributed by atoms with Crippen molar-refractivity contribution in [3.05, 3.63) is 0 Å². The number of rotatable bonds is 2. The molecule has 0 amide bonds. The molecule has 2 N–H and O–H groups in total. The summed E-state index contributed by atoms with van der Waals surface area (Å²) in [6.45, 7) is 7.62. The molecule has 0 aromatic heterocycles. The SMILES string of the molecule is CC(C)S(=O)(=O)C1CCCC(C)(C)C1N. The summed E-state index contributed by atoms with van der Waals surface area (Å²) in [5.74, 6) is 0. The summed E-state index contributed by atoms with van der Waals surface area (Å²) >= 11 is 0. The molecule has 1 aliphatic carbocycles. The lowest BCUT2D eigenvalue weighted by Gasteiger charge is -2.41. The van der Waals surface area contributed by atoms with Crippen molar-refractivity contribution in [2.24, 2.45) is 11.1 Å².